The molecular weight excluding hydrogens is 378 g/mol. The van der Waals surface area contributed by atoms with Gasteiger partial charge in [0, 0.05) is 31.6 Å². The van der Waals surface area contributed by atoms with E-state index in [1.807, 2.05) is 60.7 Å². The van der Waals surface area contributed by atoms with E-state index in [0.717, 1.165) is 16.0 Å². The number of carbonyl (C=O) groups excluding carboxylic acids is 3. The van der Waals surface area contributed by atoms with Gasteiger partial charge in [-0.05, 0) is 23.3 Å². The number of pyridine rings is 1. The Kier molecular flexibility index (Phi) is 5.66. The van der Waals surface area contributed by atoms with Crippen LogP contribution in [0.1, 0.15) is 44.3 Å². The van der Waals surface area contributed by atoms with Crippen molar-refractivity contribution in [1.82, 2.24) is 15.2 Å². The molecule has 0 aliphatic carbocycles. The van der Waals surface area contributed by atoms with E-state index in [2.05, 4.69) is 10.3 Å². The highest BCUT2D eigenvalue weighted by Crippen LogP contribution is 2.27. The minimum absolute atomic E-state index is 0.0732. The topological polar surface area (TPSA) is 79.4 Å². The fourth-order valence-corrected chi connectivity index (χ4v) is 3.68. The molecule has 0 atom stereocenters. The molecule has 1 N–H and O–H groups in total. The molecule has 0 saturated heterocycles. The number of hydrogen-bond acceptors (Lipinski definition) is 4. The highest BCUT2D eigenvalue weighted by atomic mass is 16.2. The Morgan fingerprint density at radius 1 is 0.867 bits per heavy atom. The second-order valence-corrected chi connectivity index (χ2v) is 7.09. The molecule has 0 bridgehead atoms. The Morgan fingerprint density at radius 2 is 1.50 bits per heavy atom. The third-order valence-corrected chi connectivity index (χ3v) is 5.18. The summed E-state index contributed by atoms with van der Waals surface area (Å²) >= 11 is 0. The maximum atomic E-state index is 12.6. The number of carbonyl (C=O) groups is 3. The highest BCUT2D eigenvalue weighted by Gasteiger charge is 2.36. The molecule has 3 amide bonds. The summed E-state index contributed by atoms with van der Waals surface area (Å²) in [7, 11) is 0. The summed E-state index contributed by atoms with van der Waals surface area (Å²) in [5.41, 5.74) is 2.60. The van der Waals surface area contributed by atoms with E-state index >= 15 is 0 Å². The summed E-state index contributed by atoms with van der Waals surface area (Å²) in [5, 5.41) is 2.84. The molecule has 0 spiro atoms. The van der Waals surface area contributed by atoms with Crippen molar-refractivity contribution in [2.45, 2.75) is 12.3 Å². The van der Waals surface area contributed by atoms with E-state index in [1.54, 1.807) is 12.1 Å². The first kappa shape index (κ1) is 19.5. The van der Waals surface area contributed by atoms with Gasteiger partial charge in [-0.2, -0.15) is 0 Å². The Labute approximate surface area is 174 Å². The van der Waals surface area contributed by atoms with Gasteiger partial charge in [0.1, 0.15) is 5.69 Å². The van der Waals surface area contributed by atoms with Crippen molar-refractivity contribution in [2.24, 2.45) is 0 Å². The van der Waals surface area contributed by atoms with Crippen LogP contribution in [0.2, 0.25) is 0 Å². The number of nitrogens with zero attached hydrogens (tertiary/aromatic N) is 2. The van der Waals surface area contributed by atoms with Crippen LogP contribution in [0.5, 0.6) is 0 Å². The van der Waals surface area contributed by atoms with E-state index in [0.29, 0.717) is 5.56 Å². The van der Waals surface area contributed by atoms with Gasteiger partial charge in [0.25, 0.3) is 11.8 Å². The first-order valence-corrected chi connectivity index (χ1v) is 9.83. The molecule has 150 valence electrons. The molecule has 2 aromatic carbocycles. The molecule has 1 aliphatic heterocycles. The van der Waals surface area contributed by atoms with Gasteiger partial charge in [-0.25, -0.2) is 0 Å². The predicted octanol–water partition coefficient (Wildman–Crippen LogP) is 3.02. The van der Waals surface area contributed by atoms with Gasteiger partial charge in [-0.15, -0.1) is 0 Å². The van der Waals surface area contributed by atoms with Crippen LogP contribution >= 0.6 is 0 Å². The van der Waals surface area contributed by atoms with E-state index in [9.17, 15) is 14.4 Å². The molecule has 4 rings (SSSR count). The Hall–Kier alpha value is -3.80. The Bertz CT molecular complexity index is 993. The fraction of sp³-hybridized carbons (Fsp3) is 0.167. The lowest BCUT2D eigenvalue weighted by Crippen LogP contribution is -2.38. The average molecular weight is 399 g/mol. The molecule has 2 heterocycles. The van der Waals surface area contributed by atoms with Gasteiger partial charge < -0.3 is 5.32 Å². The molecule has 0 saturated carbocycles. The van der Waals surface area contributed by atoms with Gasteiger partial charge in [0.2, 0.25) is 5.91 Å². The normalized spacial score (nSPS) is 12.9. The van der Waals surface area contributed by atoms with Gasteiger partial charge >= 0.3 is 0 Å². The predicted molar refractivity (Wildman–Crippen MR) is 112 cm³/mol. The molecule has 0 unspecified atom stereocenters. The smallest absolute Gasteiger partial charge is 0.280 e. The first-order valence-electron chi connectivity index (χ1n) is 9.83. The monoisotopic (exact) mass is 399 g/mol. The lowest BCUT2D eigenvalue weighted by molar-refractivity contribution is -0.121. The van der Waals surface area contributed by atoms with Crippen LogP contribution in [0.3, 0.4) is 0 Å². The van der Waals surface area contributed by atoms with Crippen molar-refractivity contribution in [2.75, 3.05) is 13.1 Å². The standard InChI is InChI=1S/C24H21N3O3/c28-21(16-20(17-8-3-1-4-9-17)18-10-5-2-6-11-18)25-14-15-27-23(29)19-12-7-13-26-22(19)24(27)30/h1-13,20H,14-16H2,(H,25,28). The molecule has 6 nitrogen and oxygen atoms in total. The summed E-state index contributed by atoms with van der Waals surface area (Å²) in [4.78, 5) is 42.5. The number of hydrogen-bond donors (Lipinski definition) is 1. The third-order valence-electron chi connectivity index (χ3n) is 5.18. The zero-order valence-corrected chi connectivity index (χ0v) is 16.3. The second kappa shape index (κ2) is 8.69. The molecule has 1 aliphatic rings. The number of amides is 3. The maximum Gasteiger partial charge on any atom is 0.280 e. The minimum atomic E-state index is -0.420. The quantitative estimate of drug-likeness (QED) is 0.620. The van der Waals surface area contributed by atoms with Crippen LogP contribution in [0.15, 0.2) is 79.0 Å². The van der Waals surface area contributed by atoms with Crippen LogP contribution in [-0.2, 0) is 4.79 Å². The first-order chi connectivity index (χ1) is 14.6. The van der Waals surface area contributed by atoms with E-state index < -0.39 is 5.91 Å². The number of imide groups is 1. The van der Waals surface area contributed by atoms with Crippen molar-refractivity contribution >= 4 is 17.7 Å². The second-order valence-electron chi connectivity index (χ2n) is 7.09. The van der Waals surface area contributed by atoms with E-state index in [1.165, 1.54) is 6.20 Å². The zero-order valence-electron chi connectivity index (χ0n) is 16.3. The number of rotatable bonds is 7. The summed E-state index contributed by atoms with van der Waals surface area (Å²) in [6, 6.07) is 23.0. The molecule has 0 fully saturated rings. The van der Waals surface area contributed by atoms with Crippen LogP contribution in [-0.4, -0.2) is 40.7 Å². The van der Waals surface area contributed by atoms with Crippen molar-refractivity contribution in [1.29, 1.82) is 0 Å². The van der Waals surface area contributed by atoms with Crippen molar-refractivity contribution in [3.05, 3.63) is 101 Å². The lowest BCUT2D eigenvalue weighted by Gasteiger charge is -2.19. The van der Waals surface area contributed by atoms with Gasteiger partial charge in [0.15, 0.2) is 0 Å². The van der Waals surface area contributed by atoms with Crippen molar-refractivity contribution in [3.63, 3.8) is 0 Å². The molecule has 1 aromatic heterocycles. The minimum Gasteiger partial charge on any atom is -0.354 e. The van der Waals surface area contributed by atoms with Crippen LogP contribution in [0.4, 0.5) is 0 Å². The summed E-state index contributed by atoms with van der Waals surface area (Å²) in [6.45, 7) is 0.307. The number of fused-ring (bicyclic) bond motifs is 1. The summed E-state index contributed by atoms with van der Waals surface area (Å²) in [5.74, 6) is -1.00. The van der Waals surface area contributed by atoms with Crippen LogP contribution in [0, 0.1) is 0 Å². The third kappa shape index (κ3) is 3.98. The summed E-state index contributed by atoms with van der Waals surface area (Å²) in [6.07, 6.45) is 1.76. The van der Waals surface area contributed by atoms with E-state index in [-0.39, 0.29) is 42.9 Å². The largest absolute Gasteiger partial charge is 0.354 e. The number of nitrogens with one attached hydrogen (secondary N) is 1. The van der Waals surface area contributed by atoms with Crippen molar-refractivity contribution in [3.8, 4) is 0 Å². The van der Waals surface area contributed by atoms with Crippen molar-refractivity contribution < 1.29 is 14.4 Å². The molecule has 3 aromatic rings. The van der Waals surface area contributed by atoms with E-state index in [4.69, 9.17) is 0 Å². The lowest BCUT2D eigenvalue weighted by atomic mass is 9.88. The van der Waals surface area contributed by atoms with Gasteiger partial charge in [-0.1, -0.05) is 60.7 Å². The number of aromatic nitrogens is 1. The molecule has 6 heteroatoms. The highest BCUT2D eigenvalue weighted by molar-refractivity contribution is 6.20. The van der Waals surface area contributed by atoms with Crippen LogP contribution in [0.25, 0.3) is 0 Å². The molecule has 30 heavy (non-hydrogen) atoms. The Morgan fingerprint density at radius 3 is 2.10 bits per heavy atom. The SMILES string of the molecule is O=C(CC(c1ccccc1)c1ccccc1)NCCN1C(=O)c2cccnc2C1=O. The maximum absolute atomic E-state index is 12.6. The number of benzene rings is 2. The fourth-order valence-electron chi connectivity index (χ4n) is 3.68. The van der Waals surface area contributed by atoms with Gasteiger partial charge in [0.05, 0.1) is 5.56 Å². The van der Waals surface area contributed by atoms with Gasteiger partial charge in [-0.3, -0.25) is 24.3 Å². The molecule has 0 radical (unpaired) electrons. The van der Waals surface area contributed by atoms with Crippen LogP contribution < -0.4 is 5.32 Å². The Balaban J connectivity index is 1.38. The average Bonchev–Trinajstić information content (AvgIpc) is 3.04. The molecular formula is C24H21N3O3. The summed E-state index contributed by atoms with van der Waals surface area (Å²) < 4.78 is 0. The zero-order chi connectivity index (χ0) is 20.9.